The lowest BCUT2D eigenvalue weighted by atomic mass is 9.95. The smallest absolute Gasteiger partial charge is 0.246 e. The predicted octanol–water partition coefficient (Wildman–Crippen LogP) is 3.22. The van der Waals surface area contributed by atoms with Crippen molar-refractivity contribution in [2.24, 2.45) is 0 Å². The maximum atomic E-state index is 13.1. The zero-order chi connectivity index (χ0) is 16.9. The molecule has 1 aromatic heterocycles. The van der Waals surface area contributed by atoms with Crippen molar-refractivity contribution in [2.45, 2.75) is 45.3 Å². The number of nitrogens with zero attached hydrogens (tertiary/aromatic N) is 1. The monoisotopic (exact) mass is 331 g/mol. The molecule has 2 aromatic rings. The zero-order valence-electron chi connectivity index (χ0n) is 13.8. The summed E-state index contributed by atoms with van der Waals surface area (Å²) in [4.78, 5) is 19.2. The minimum absolute atomic E-state index is 0.0248. The molecule has 0 bridgehead atoms. The quantitative estimate of drug-likeness (QED) is 0.799. The van der Waals surface area contributed by atoms with Crippen LogP contribution in [0.4, 0.5) is 4.39 Å². The van der Waals surface area contributed by atoms with Crippen LogP contribution in [-0.4, -0.2) is 28.5 Å². The summed E-state index contributed by atoms with van der Waals surface area (Å²) in [5.74, 6) is 0.117. The normalized spacial score (nSPS) is 16.0. The van der Waals surface area contributed by atoms with Crippen LogP contribution in [0.1, 0.15) is 38.4 Å². The van der Waals surface area contributed by atoms with Gasteiger partial charge in [0.15, 0.2) is 0 Å². The molecule has 6 heteroatoms. The van der Waals surface area contributed by atoms with Crippen LogP contribution in [-0.2, 0) is 16.1 Å². The molecule has 0 aliphatic heterocycles. The van der Waals surface area contributed by atoms with Gasteiger partial charge in [-0.15, -0.1) is 0 Å². The molecule has 1 unspecified atom stereocenters. The first kappa shape index (κ1) is 16.6. The number of benzene rings is 1. The van der Waals surface area contributed by atoms with Gasteiger partial charge in [-0.2, -0.15) is 0 Å². The molecule has 3 rings (SSSR count). The number of allylic oxidation sites excluding steroid dienone is 1. The van der Waals surface area contributed by atoms with Crippen molar-refractivity contribution in [2.75, 3.05) is 6.61 Å². The van der Waals surface area contributed by atoms with E-state index in [1.54, 1.807) is 6.07 Å². The van der Waals surface area contributed by atoms with Crippen LogP contribution in [0.2, 0.25) is 0 Å². The molecule has 0 fully saturated rings. The lowest BCUT2D eigenvalue weighted by Crippen LogP contribution is -2.36. The maximum Gasteiger partial charge on any atom is 0.246 e. The number of aromatic nitrogens is 2. The molecule has 5 nitrogen and oxygen atoms in total. The van der Waals surface area contributed by atoms with Crippen LogP contribution in [0.3, 0.4) is 0 Å². The van der Waals surface area contributed by atoms with Crippen LogP contribution in [0.5, 0.6) is 0 Å². The standard InChI is InChI=1S/C18H22FN3O2/c1-12(13-5-3-2-4-6-13)20-18(23)11-24-10-17-21-15-8-7-14(19)9-16(15)22-17/h5,7-9,12H,2-4,6,10-11H2,1H3,(H,20,23)(H,21,22). The van der Waals surface area contributed by atoms with Crippen LogP contribution in [0.25, 0.3) is 11.0 Å². The van der Waals surface area contributed by atoms with Gasteiger partial charge in [0, 0.05) is 6.04 Å². The molecule has 1 heterocycles. The summed E-state index contributed by atoms with van der Waals surface area (Å²) in [6.45, 7) is 2.16. The zero-order valence-corrected chi connectivity index (χ0v) is 13.8. The van der Waals surface area contributed by atoms with Gasteiger partial charge in [0.1, 0.15) is 24.9 Å². The highest BCUT2D eigenvalue weighted by atomic mass is 19.1. The molecule has 2 N–H and O–H groups in total. The van der Waals surface area contributed by atoms with Crippen molar-refractivity contribution in [1.29, 1.82) is 0 Å². The number of fused-ring (bicyclic) bond motifs is 1. The minimum atomic E-state index is -0.316. The van der Waals surface area contributed by atoms with E-state index in [1.165, 1.54) is 30.5 Å². The third-order valence-electron chi connectivity index (χ3n) is 4.22. The number of imidazole rings is 1. The second-order valence-electron chi connectivity index (χ2n) is 6.15. The third kappa shape index (κ3) is 4.20. The average Bonchev–Trinajstić information content (AvgIpc) is 2.97. The molecule has 1 aliphatic carbocycles. The van der Waals surface area contributed by atoms with Crippen molar-refractivity contribution in [1.82, 2.24) is 15.3 Å². The highest BCUT2D eigenvalue weighted by Crippen LogP contribution is 2.20. The number of ether oxygens (including phenoxy) is 1. The van der Waals surface area contributed by atoms with Crippen molar-refractivity contribution >= 4 is 16.9 Å². The number of hydrogen-bond acceptors (Lipinski definition) is 3. The third-order valence-corrected chi connectivity index (χ3v) is 4.22. The van der Waals surface area contributed by atoms with E-state index in [1.807, 2.05) is 6.92 Å². The minimum Gasteiger partial charge on any atom is -0.364 e. The number of aromatic amines is 1. The van der Waals surface area contributed by atoms with E-state index in [9.17, 15) is 9.18 Å². The fourth-order valence-corrected chi connectivity index (χ4v) is 2.98. The summed E-state index contributed by atoms with van der Waals surface area (Å²) in [7, 11) is 0. The van der Waals surface area contributed by atoms with Gasteiger partial charge in [-0.1, -0.05) is 11.6 Å². The van der Waals surface area contributed by atoms with E-state index in [-0.39, 0.29) is 31.0 Å². The van der Waals surface area contributed by atoms with Crippen molar-refractivity contribution in [3.63, 3.8) is 0 Å². The van der Waals surface area contributed by atoms with E-state index >= 15 is 0 Å². The van der Waals surface area contributed by atoms with E-state index in [2.05, 4.69) is 21.4 Å². The van der Waals surface area contributed by atoms with Gasteiger partial charge < -0.3 is 15.0 Å². The Morgan fingerprint density at radius 1 is 1.46 bits per heavy atom. The van der Waals surface area contributed by atoms with Crippen LogP contribution >= 0.6 is 0 Å². The highest BCUT2D eigenvalue weighted by molar-refractivity contribution is 5.78. The number of carbonyl (C=O) groups is 1. The van der Waals surface area contributed by atoms with Gasteiger partial charge in [0.05, 0.1) is 11.0 Å². The average molecular weight is 331 g/mol. The highest BCUT2D eigenvalue weighted by Gasteiger charge is 2.14. The molecule has 0 spiro atoms. The molecule has 1 aromatic carbocycles. The van der Waals surface area contributed by atoms with Gasteiger partial charge in [0.2, 0.25) is 5.91 Å². The van der Waals surface area contributed by atoms with Crippen LogP contribution < -0.4 is 5.32 Å². The summed E-state index contributed by atoms with van der Waals surface area (Å²) < 4.78 is 18.6. The van der Waals surface area contributed by atoms with E-state index in [0.29, 0.717) is 16.9 Å². The largest absolute Gasteiger partial charge is 0.364 e. The predicted molar refractivity (Wildman–Crippen MR) is 89.9 cm³/mol. The summed E-state index contributed by atoms with van der Waals surface area (Å²) in [5, 5.41) is 2.96. The van der Waals surface area contributed by atoms with Gasteiger partial charge in [-0.05, 0) is 50.8 Å². The number of rotatable bonds is 6. The molecule has 1 atom stereocenters. The number of H-pyrrole nitrogens is 1. The Morgan fingerprint density at radius 3 is 3.12 bits per heavy atom. The SMILES string of the molecule is CC(NC(=O)COCc1nc2ccc(F)cc2[nH]1)C1=CCCCC1. The van der Waals surface area contributed by atoms with Gasteiger partial charge in [0.25, 0.3) is 0 Å². The fraction of sp³-hybridized carbons (Fsp3) is 0.444. The Bertz CT molecular complexity index is 754. The molecular formula is C18H22FN3O2. The Morgan fingerprint density at radius 2 is 2.33 bits per heavy atom. The maximum absolute atomic E-state index is 13.1. The summed E-state index contributed by atoms with van der Waals surface area (Å²) in [6, 6.07) is 4.41. The van der Waals surface area contributed by atoms with E-state index in [0.717, 1.165) is 12.8 Å². The number of halogens is 1. The first-order valence-corrected chi connectivity index (χ1v) is 8.32. The van der Waals surface area contributed by atoms with E-state index in [4.69, 9.17) is 4.74 Å². The first-order valence-electron chi connectivity index (χ1n) is 8.32. The molecule has 24 heavy (non-hydrogen) atoms. The fourth-order valence-electron chi connectivity index (χ4n) is 2.98. The molecule has 0 saturated heterocycles. The van der Waals surface area contributed by atoms with Crippen molar-refractivity contribution in [3.8, 4) is 0 Å². The van der Waals surface area contributed by atoms with Crippen LogP contribution in [0.15, 0.2) is 29.8 Å². The lowest BCUT2D eigenvalue weighted by Gasteiger charge is -2.20. The van der Waals surface area contributed by atoms with Gasteiger partial charge in [-0.25, -0.2) is 9.37 Å². The Balaban J connectivity index is 1.46. The van der Waals surface area contributed by atoms with Crippen molar-refractivity contribution in [3.05, 3.63) is 41.5 Å². The Labute approximate surface area is 140 Å². The molecule has 128 valence electrons. The Hall–Kier alpha value is -2.21. The second kappa shape index (κ2) is 7.57. The summed E-state index contributed by atoms with van der Waals surface area (Å²) >= 11 is 0. The molecule has 0 saturated carbocycles. The lowest BCUT2D eigenvalue weighted by molar-refractivity contribution is -0.126. The van der Waals surface area contributed by atoms with Gasteiger partial charge >= 0.3 is 0 Å². The van der Waals surface area contributed by atoms with E-state index < -0.39 is 0 Å². The second-order valence-corrected chi connectivity index (χ2v) is 6.15. The number of nitrogens with one attached hydrogen (secondary N) is 2. The molecule has 0 radical (unpaired) electrons. The van der Waals surface area contributed by atoms with Crippen molar-refractivity contribution < 1.29 is 13.9 Å². The summed E-state index contributed by atoms with van der Waals surface area (Å²) in [6.07, 6.45) is 6.79. The Kier molecular flexibility index (Phi) is 5.25. The van der Waals surface area contributed by atoms with Gasteiger partial charge in [-0.3, -0.25) is 4.79 Å². The molecular weight excluding hydrogens is 309 g/mol. The number of carbonyl (C=O) groups excluding carboxylic acids is 1. The number of hydrogen-bond donors (Lipinski definition) is 2. The topological polar surface area (TPSA) is 67.0 Å². The molecule has 1 amide bonds. The van der Waals surface area contributed by atoms with Crippen LogP contribution in [0, 0.1) is 5.82 Å². The molecule has 1 aliphatic rings. The first-order chi connectivity index (χ1) is 11.6. The number of amides is 1. The summed E-state index contributed by atoms with van der Waals surface area (Å²) in [5.41, 5.74) is 2.60.